The van der Waals surface area contributed by atoms with Crippen LogP contribution in [0.3, 0.4) is 0 Å². The number of tetrazole rings is 1. The van der Waals surface area contributed by atoms with E-state index in [2.05, 4.69) is 25.9 Å². The van der Waals surface area contributed by atoms with Crippen molar-refractivity contribution >= 4 is 12.0 Å². The molecule has 2 rings (SSSR count). The third kappa shape index (κ3) is 3.03. The number of H-pyrrole nitrogens is 1. The summed E-state index contributed by atoms with van der Waals surface area (Å²) in [7, 11) is 0. The summed E-state index contributed by atoms with van der Waals surface area (Å²) in [4.78, 5) is 24.8. The first-order chi connectivity index (χ1) is 9.49. The zero-order valence-electron chi connectivity index (χ0n) is 11.4. The number of nitrogens with zero attached hydrogens (tertiary/aromatic N) is 4. The van der Waals surface area contributed by atoms with E-state index >= 15 is 0 Å². The lowest BCUT2D eigenvalue weighted by Crippen LogP contribution is -2.50. The summed E-state index contributed by atoms with van der Waals surface area (Å²) in [6, 6.07) is -0.702. The van der Waals surface area contributed by atoms with E-state index in [1.807, 2.05) is 6.92 Å². The molecule has 3 atom stereocenters. The van der Waals surface area contributed by atoms with Gasteiger partial charge in [-0.2, -0.15) is 5.21 Å². The number of hydrogen-bond donors (Lipinski definition) is 3. The van der Waals surface area contributed by atoms with Gasteiger partial charge in [0.05, 0.1) is 12.0 Å². The Hall–Kier alpha value is -2.19. The maximum Gasteiger partial charge on any atom is 0.318 e. The highest BCUT2D eigenvalue weighted by Crippen LogP contribution is 2.23. The number of aliphatic carboxylic acids is 1. The van der Waals surface area contributed by atoms with Crippen LogP contribution in [0.4, 0.5) is 4.79 Å². The molecule has 0 aromatic carbocycles. The molecule has 1 saturated heterocycles. The van der Waals surface area contributed by atoms with Gasteiger partial charge in [-0.15, -0.1) is 10.2 Å². The average Bonchev–Trinajstić information content (AvgIpc) is 2.92. The molecule has 9 heteroatoms. The SMILES string of the molecule is CC(NC(=O)N1CCC(C(=O)O)CC1C)c1nn[nH]n1. The van der Waals surface area contributed by atoms with Crippen molar-refractivity contribution in [3.63, 3.8) is 0 Å². The van der Waals surface area contributed by atoms with Crippen molar-refractivity contribution in [2.45, 2.75) is 38.8 Å². The number of carboxylic acid groups (broad SMARTS) is 1. The molecule has 1 aliphatic rings. The Balaban J connectivity index is 1.91. The lowest BCUT2D eigenvalue weighted by molar-refractivity contribution is -0.143. The van der Waals surface area contributed by atoms with E-state index in [1.165, 1.54) is 0 Å². The first kappa shape index (κ1) is 14.2. The molecule has 0 bridgehead atoms. The second-order valence-corrected chi connectivity index (χ2v) is 5.04. The number of amides is 2. The van der Waals surface area contributed by atoms with Gasteiger partial charge in [-0.3, -0.25) is 4.79 Å². The van der Waals surface area contributed by atoms with Gasteiger partial charge in [-0.25, -0.2) is 4.79 Å². The molecule has 110 valence electrons. The second-order valence-electron chi connectivity index (χ2n) is 5.04. The fraction of sp³-hybridized carbons (Fsp3) is 0.727. The number of rotatable bonds is 3. The summed E-state index contributed by atoms with van der Waals surface area (Å²) < 4.78 is 0. The second kappa shape index (κ2) is 5.85. The summed E-state index contributed by atoms with van der Waals surface area (Å²) in [5, 5.41) is 25.2. The minimum atomic E-state index is -0.794. The number of urea groups is 1. The lowest BCUT2D eigenvalue weighted by atomic mass is 9.92. The molecule has 3 unspecified atom stereocenters. The normalized spacial score (nSPS) is 24.2. The summed E-state index contributed by atoms with van der Waals surface area (Å²) in [5.74, 6) is -0.757. The van der Waals surface area contributed by atoms with Crippen molar-refractivity contribution in [1.29, 1.82) is 0 Å². The summed E-state index contributed by atoms with van der Waals surface area (Å²) in [5.41, 5.74) is 0. The topological polar surface area (TPSA) is 124 Å². The van der Waals surface area contributed by atoms with Crippen LogP contribution in [-0.4, -0.2) is 55.2 Å². The van der Waals surface area contributed by atoms with Gasteiger partial charge in [0, 0.05) is 12.6 Å². The Morgan fingerprint density at radius 2 is 2.30 bits per heavy atom. The standard InChI is InChI=1S/C11H18N6O3/c1-6-5-8(10(18)19)3-4-17(6)11(20)12-7(2)9-13-15-16-14-9/h6-8H,3-5H2,1-2H3,(H,12,20)(H,18,19)(H,13,14,15,16). The largest absolute Gasteiger partial charge is 0.481 e. The lowest BCUT2D eigenvalue weighted by Gasteiger charge is -2.36. The molecule has 20 heavy (non-hydrogen) atoms. The average molecular weight is 282 g/mol. The number of aromatic amines is 1. The number of carboxylic acids is 1. The molecular formula is C11H18N6O3. The molecule has 0 radical (unpaired) electrons. The predicted molar refractivity (Wildman–Crippen MR) is 67.7 cm³/mol. The molecule has 2 heterocycles. The minimum Gasteiger partial charge on any atom is -0.481 e. The number of likely N-dealkylation sites (tertiary alicyclic amines) is 1. The zero-order valence-corrected chi connectivity index (χ0v) is 11.4. The molecule has 3 N–H and O–H groups in total. The van der Waals surface area contributed by atoms with Gasteiger partial charge in [0.1, 0.15) is 0 Å². The first-order valence-electron chi connectivity index (χ1n) is 6.52. The van der Waals surface area contributed by atoms with Gasteiger partial charge < -0.3 is 15.3 Å². The van der Waals surface area contributed by atoms with Gasteiger partial charge in [-0.1, -0.05) is 5.21 Å². The van der Waals surface area contributed by atoms with Crippen molar-refractivity contribution in [1.82, 2.24) is 30.8 Å². The predicted octanol–water partition coefficient (Wildman–Crippen LogP) is 0.155. The van der Waals surface area contributed by atoms with Gasteiger partial charge in [0.25, 0.3) is 0 Å². The van der Waals surface area contributed by atoms with Gasteiger partial charge in [0.15, 0.2) is 5.82 Å². The molecule has 2 amide bonds. The Labute approximate surface area is 115 Å². The fourth-order valence-corrected chi connectivity index (χ4v) is 2.38. The molecular weight excluding hydrogens is 264 g/mol. The van der Waals surface area contributed by atoms with Gasteiger partial charge >= 0.3 is 12.0 Å². The molecule has 1 aliphatic heterocycles. The third-order valence-corrected chi connectivity index (χ3v) is 3.58. The van der Waals surface area contributed by atoms with Crippen LogP contribution >= 0.6 is 0 Å². The molecule has 1 aromatic heterocycles. The van der Waals surface area contributed by atoms with Crippen molar-refractivity contribution in [3.8, 4) is 0 Å². The van der Waals surface area contributed by atoms with E-state index in [-0.39, 0.29) is 24.0 Å². The van der Waals surface area contributed by atoms with Crippen LogP contribution in [0.2, 0.25) is 0 Å². The highest BCUT2D eigenvalue weighted by molar-refractivity contribution is 5.76. The van der Waals surface area contributed by atoms with E-state index in [1.54, 1.807) is 11.8 Å². The fourth-order valence-electron chi connectivity index (χ4n) is 2.38. The summed E-state index contributed by atoms with van der Waals surface area (Å²) in [6.45, 7) is 4.05. The Kier molecular flexibility index (Phi) is 4.16. The number of hydrogen-bond acceptors (Lipinski definition) is 5. The molecule has 1 aromatic rings. The smallest absolute Gasteiger partial charge is 0.318 e. The van der Waals surface area contributed by atoms with Crippen molar-refractivity contribution in [3.05, 3.63) is 5.82 Å². The number of carbonyl (C=O) groups is 2. The molecule has 0 aliphatic carbocycles. The van der Waals surface area contributed by atoms with Crippen molar-refractivity contribution < 1.29 is 14.7 Å². The number of aromatic nitrogens is 4. The highest BCUT2D eigenvalue weighted by atomic mass is 16.4. The quantitative estimate of drug-likeness (QED) is 0.725. The number of carbonyl (C=O) groups excluding carboxylic acids is 1. The Bertz CT molecular complexity index is 477. The molecule has 1 fully saturated rings. The Morgan fingerprint density at radius 3 is 2.85 bits per heavy atom. The van der Waals surface area contributed by atoms with E-state index in [0.717, 1.165) is 0 Å². The van der Waals surface area contributed by atoms with Crippen LogP contribution in [-0.2, 0) is 4.79 Å². The monoisotopic (exact) mass is 282 g/mol. The molecule has 0 saturated carbocycles. The summed E-state index contributed by atoms with van der Waals surface area (Å²) >= 11 is 0. The minimum absolute atomic E-state index is 0.109. The van der Waals surface area contributed by atoms with Gasteiger partial charge in [-0.05, 0) is 26.7 Å². The van der Waals surface area contributed by atoms with Crippen LogP contribution < -0.4 is 5.32 Å². The zero-order chi connectivity index (χ0) is 14.7. The number of nitrogens with one attached hydrogen (secondary N) is 2. The van der Waals surface area contributed by atoms with Crippen LogP contribution in [0.5, 0.6) is 0 Å². The van der Waals surface area contributed by atoms with Crippen molar-refractivity contribution in [2.75, 3.05) is 6.54 Å². The van der Waals surface area contributed by atoms with E-state index in [9.17, 15) is 9.59 Å². The van der Waals surface area contributed by atoms with Crippen LogP contribution in [0.25, 0.3) is 0 Å². The number of piperidine rings is 1. The third-order valence-electron chi connectivity index (χ3n) is 3.58. The molecule has 9 nitrogen and oxygen atoms in total. The highest BCUT2D eigenvalue weighted by Gasteiger charge is 2.32. The maximum absolute atomic E-state index is 12.2. The first-order valence-corrected chi connectivity index (χ1v) is 6.52. The van der Waals surface area contributed by atoms with Crippen LogP contribution in [0, 0.1) is 5.92 Å². The maximum atomic E-state index is 12.2. The van der Waals surface area contributed by atoms with E-state index < -0.39 is 5.97 Å². The van der Waals surface area contributed by atoms with E-state index in [0.29, 0.717) is 25.2 Å². The van der Waals surface area contributed by atoms with Crippen LogP contribution in [0.1, 0.15) is 38.6 Å². The van der Waals surface area contributed by atoms with Crippen molar-refractivity contribution in [2.24, 2.45) is 5.92 Å². The van der Waals surface area contributed by atoms with Crippen LogP contribution in [0.15, 0.2) is 0 Å². The van der Waals surface area contributed by atoms with E-state index in [4.69, 9.17) is 5.11 Å². The van der Waals surface area contributed by atoms with Gasteiger partial charge in [0.2, 0.25) is 0 Å². The summed E-state index contributed by atoms with van der Waals surface area (Å²) in [6.07, 6.45) is 0.947. The molecule has 0 spiro atoms. The Morgan fingerprint density at radius 1 is 1.55 bits per heavy atom.